The second-order valence-corrected chi connectivity index (χ2v) is 4.08. The minimum absolute atomic E-state index is 0.0776. The molecule has 0 N–H and O–H groups in total. The molecule has 2 rings (SSSR count). The molecule has 0 atom stereocenters. The first kappa shape index (κ1) is 13.3. The van der Waals surface area contributed by atoms with Gasteiger partial charge in [0.15, 0.2) is 0 Å². The quantitative estimate of drug-likeness (QED) is 0.796. The number of nitrogens with zero attached hydrogens (tertiary/aromatic N) is 1. The van der Waals surface area contributed by atoms with Crippen LogP contribution in [0.4, 0.5) is 8.78 Å². The molecule has 5 heteroatoms. The SMILES string of the molecule is COC(=O)c1c(C(F)F)cn(C)c1-c1ccccc1. The molecule has 2 aromatic rings. The molecule has 1 aromatic heterocycles. The maximum absolute atomic E-state index is 13.0. The Morgan fingerprint density at radius 3 is 2.42 bits per heavy atom. The van der Waals surface area contributed by atoms with Gasteiger partial charge < -0.3 is 9.30 Å². The van der Waals surface area contributed by atoms with Gasteiger partial charge in [0.1, 0.15) is 0 Å². The van der Waals surface area contributed by atoms with E-state index < -0.39 is 12.4 Å². The highest BCUT2D eigenvalue weighted by Gasteiger charge is 2.27. The van der Waals surface area contributed by atoms with E-state index in [9.17, 15) is 13.6 Å². The molecule has 0 amide bonds. The van der Waals surface area contributed by atoms with Crippen molar-refractivity contribution in [2.24, 2.45) is 7.05 Å². The summed E-state index contributed by atoms with van der Waals surface area (Å²) in [7, 11) is 2.81. The summed E-state index contributed by atoms with van der Waals surface area (Å²) in [6, 6.07) is 8.91. The second kappa shape index (κ2) is 5.22. The minimum Gasteiger partial charge on any atom is -0.465 e. The topological polar surface area (TPSA) is 31.2 Å². The van der Waals surface area contributed by atoms with E-state index in [1.165, 1.54) is 17.9 Å². The number of rotatable bonds is 3. The van der Waals surface area contributed by atoms with Gasteiger partial charge in [-0.15, -0.1) is 0 Å². The predicted octanol–water partition coefficient (Wildman–Crippen LogP) is 3.42. The van der Waals surface area contributed by atoms with Gasteiger partial charge in [0.05, 0.1) is 23.9 Å². The van der Waals surface area contributed by atoms with Gasteiger partial charge >= 0.3 is 5.97 Å². The van der Waals surface area contributed by atoms with Crippen molar-refractivity contribution in [3.8, 4) is 11.3 Å². The third kappa shape index (κ3) is 2.36. The van der Waals surface area contributed by atoms with Gasteiger partial charge in [-0.1, -0.05) is 30.3 Å². The van der Waals surface area contributed by atoms with Crippen LogP contribution >= 0.6 is 0 Å². The molecule has 0 aliphatic heterocycles. The standard InChI is InChI=1S/C14H13F2NO2/c1-17-8-10(13(15)16)11(14(18)19-2)12(17)9-6-4-3-5-7-9/h3-8,13H,1-2H3. The number of aromatic nitrogens is 1. The third-order valence-corrected chi connectivity index (χ3v) is 2.88. The lowest BCUT2D eigenvalue weighted by Crippen LogP contribution is -2.06. The lowest BCUT2D eigenvalue weighted by molar-refractivity contribution is 0.0591. The van der Waals surface area contributed by atoms with Crippen molar-refractivity contribution in [1.82, 2.24) is 4.57 Å². The number of ether oxygens (including phenoxy) is 1. The van der Waals surface area contributed by atoms with Crippen LogP contribution in [0.5, 0.6) is 0 Å². The Hall–Kier alpha value is -2.17. The van der Waals surface area contributed by atoms with Crippen LogP contribution in [0.25, 0.3) is 11.3 Å². The Labute approximate surface area is 109 Å². The molecule has 19 heavy (non-hydrogen) atoms. The molecule has 0 aliphatic rings. The van der Waals surface area contributed by atoms with E-state index in [0.29, 0.717) is 11.3 Å². The van der Waals surface area contributed by atoms with Gasteiger partial charge in [0.2, 0.25) is 0 Å². The Morgan fingerprint density at radius 1 is 1.26 bits per heavy atom. The molecule has 0 aliphatic carbocycles. The van der Waals surface area contributed by atoms with E-state index in [-0.39, 0.29) is 11.1 Å². The van der Waals surface area contributed by atoms with Gasteiger partial charge in [-0.25, -0.2) is 13.6 Å². The normalized spacial score (nSPS) is 10.8. The molecule has 0 fully saturated rings. The van der Waals surface area contributed by atoms with Gasteiger partial charge in [0, 0.05) is 13.2 Å². The average molecular weight is 265 g/mol. The number of methoxy groups -OCH3 is 1. The molecule has 0 radical (unpaired) electrons. The molecule has 1 heterocycles. The molecule has 0 saturated heterocycles. The van der Waals surface area contributed by atoms with Crippen LogP contribution in [0.3, 0.4) is 0 Å². The number of benzene rings is 1. The average Bonchev–Trinajstić information content (AvgIpc) is 2.76. The molecule has 0 unspecified atom stereocenters. The summed E-state index contributed by atoms with van der Waals surface area (Å²) in [4.78, 5) is 11.8. The van der Waals surface area contributed by atoms with Crippen LogP contribution in [0.15, 0.2) is 36.5 Å². The number of carbonyl (C=O) groups excluding carboxylic acids is 1. The Balaban J connectivity index is 2.70. The van der Waals surface area contributed by atoms with Crippen LogP contribution in [-0.4, -0.2) is 17.6 Å². The molecule has 0 bridgehead atoms. The molecule has 0 saturated carbocycles. The van der Waals surface area contributed by atoms with Crippen molar-refractivity contribution in [2.45, 2.75) is 6.43 Å². The lowest BCUT2D eigenvalue weighted by Gasteiger charge is -2.07. The zero-order valence-corrected chi connectivity index (χ0v) is 10.6. The number of carbonyl (C=O) groups is 1. The zero-order valence-electron chi connectivity index (χ0n) is 10.6. The van der Waals surface area contributed by atoms with Crippen LogP contribution in [-0.2, 0) is 11.8 Å². The first-order valence-electron chi connectivity index (χ1n) is 5.67. The fourth-order valence-corrected chi connectivity index (χ4v) is 2.08. The first-order chi connectivity index (χ1) is 9.06. The first-order valence-corrected chi connectivity index (χ1v) is 5.67. The lowest BCUT2D eigenvalue weighted by atomic mass is 10.0. The largest absolute Gasteiger partial charge is 0.465 e. The van der Waals surface area contributed by atoms with Crippen molar-refractivity contribution in [3.63, 3.8) is 0 Å². The Bertz CT molecular complexity index is 591. The summed E-state index contributed by atoms with van der Waals surface area (Å²) in [6.45, 7) is 0. The molecule has 1 aromatic carbocycles. The number of esters is 1. The fourth-order valence-electron chi connectivity index (χ4n) is 2.08. The second-order valence-electron chi connectivity index (χ2n) is 4.08. The maximum atomic E-state index is 13.0. The third-order valence-electron chi connectivity index (χ3n) is 2.88. The molecular weight excluding hydrogens is 252 g/mol. The van der Waals surface area contributed by atoms with Crippen molar-refractivity contribution in [1.29, 1.82) is 0 Å². The summed E-state index contributed by atoms with van der Waals surface area (Å²) in [6.07, 6.45) is -1.46. The molecule has 100 valence electrons. The molecule has 3 nitrogen and oxygen atoms in total. The summed E-state index contributed by atoms with van der Waals surface area (Å²) in [5.41, 5.74) is 0.736. The highest BCUT2D eigenvalue weighted by Crippen LogP contribution is 2.33. The van der Waals surface area contributed by atoms with Gasteiger partial charge in [-0.2, -0.15) is 0 Å². The minimum atomic E-state index is -2.72. The van der Waals surface area contributed by atoms with E-state index >= 15 is 0 Å². The van der Waals surface area contributed by atoms with Gasteiger partial charge in [-0.05, 0) is 5.56 Å². The zero-order chi connectivity index (χ0) is 14.0. The predicted molar refractivity (Wildman–Crippen MR) is 67.1 cm³/mol. The summed E-state index contributed by atoms with van der Waals surface area (Å²) in [5, 5.41) is 0. The number of aryl methyl sites for hydroxylation is 1. The summed E-state index contributed by atoms with van der Waals surface area (Å²) in [5.74, 6) is -0.755. The van der Waals surface area contributed by atoms with Gasteiger partial charge in [-0.3, -0.25) is 0 Å². The maximum Gasteiger partial charge on any atom is 0.340 e. The van der Waals surface area contributed by atoms with E-state index in [0.717, 1.165) is 0 Å². The summed E-state index contributed by atoms with van der Waals surface area (Å²) < 4.78 is 32.2. The fraction of sp³-hybridized carbons (Fsp3) is 0.214. The highest BCUT2D eigenvalue weighted by atomic mass is 19.3. The van der Waals surface area contributed by atoms with E-state index in [1.807, 2.05) is 6.07 Å². The Kier molecular flexibility index (Phi) is 3.64. The van der Waals surface area contributed by atoms with Crippen molar-refractivity contribution in [2.75, 3.05) is 7.11 Å². The van der Waals surface area contributed by atoms with Crippen LogP contribution < -0.4 is 0 Å². The van der Waals surface area contributed by atoms with Crippen LogP contribution in [0.1, 0.15) is 22.3 Å². The van der Waals surface area contributed by atoms with E-state index in [2.05, 4.69) is 4.74 Å². The van der Waals surface area contributed by atoms with E-state index in [1.54, 1.807) is 31.3 Å². The van der Waals surface area contributed by atoms with Gasteiger partial charge in [0.25, 0.3) is 6.43 Å². The van der Waals surface area contributed by atoms with Crippen molar-refractivity contribution >= 4 is 5.97 Å². The summed E-state index contributed by atoms with van der Waals surface area (Å²) >= 11 is 0. The van der Waals surface area contributed by atoms with Crippen molar-refractivity contribution < 1.29 is 18.3 Å². The molecular formula is C14H13F2NO2. The van der Waals surface area contributed by atoms with Crippen molar-refractivity contribution in [3.05, 3.63) is 47.7 Å². The number of hydrogen-bond donors (Lipinski definition) is 0. The number of halogens is 2. The molecule has 0 spiro atoms. The van der Waals surface area contributed by atoms with E-state index in [4.69, 9.17) is 0 Å². The smallest absolute Gasteiger partial charge is 0.340 e. The number of alkyl halides is 2. The highest BCUT2D eigenvalue weighted by molar-refractivity contribution is 5.98. The number of hydrogen-bond acceptors (Lipinski definition) is 2. The van der Waals surface area contributed by atoms with Crippen LogP contribution in [0, 0.1) is 0 Å². The monoisotopic (exact) mass is 265 g/mol. The Morgan fingerprint density at radius 2 is 1.89 bits per heavy atom. The van der Waals surface area contributed by atoms with Crippen LogP contribution in [0.2, 0.25) is 0 Å².